The zero-order valence-electron chi connectivity index (χ0n) is 8.07. The summed E-state index contributed by atoms with van der Waals surface area (Å²) in [4.78, 5) is 0. The molecule has 0 saturated carbocycles. The number of hydrogen-bond acceptors (Lipinski definition) is 0. The minimum atomic E-state index is 0.222. The molecule has 0 nitrogen and oxygen atoms in total. The third-order valence-corrected chi connectivity index (χ3v) is 2.40. The molecule has 0 spiro atoms. The van der Waals surface area contributed by atoms with Crippen molar-refractivity contribution in [3.05, 3.63) is 39.1 Å². The molecular formula is C11H13Br2. The van der Waals surface area contributed by atoms with E-state index in [-0.39, 0.29) is 5.41 Å². The predicted molar refractivity (Wildman–Crippen MR) is 64.7 cm³/mol. The van der Waals surface area contributed by atoms with Crippen molar-refractivity contribution in [3.63, 3.8) is 0 Å². The van der Waals surface area contributed by atoms with Crippen molar-refractivity contribution in [2.75, 3.05) is 0 Å². The van der Waals surface area contributed by atoms with E-state index >= 15 is 0 Å². The van der Waals surface area contributed by atoms with Crippen LogP contribution in [0.5, 0.6) is 0 Å². The number of benzene rings is 1. The molecule has 1 aromatic rings. The van der Waals surface area contributed by atoms with E-state index in [2.05, 4.69) is 71.2 Å². The average Bonchev–Trinajstić information content (AvgIpc) is 1.78. The fourth-order valence-corrected chi connectivity index (χ4v) is 2.49. The molecular weight excluding hydrogens is 292 g/mol. The maximum Gasteiger partial charge on any atom is 0.0189 e. The lowest BCUT2D eigenvalue weighted by Gasteiger charge is -2.17. The van der Waals surface area contributed by atoms with Crippen molar-refractivity contribution >= 4 is 31.9 Å². The van der Waals surface area contributed by atoms with Gasteiger partial charge in [-0.05, 0) is 35.6 Å². The molecule has 0 bridgehead atoms. The summed E-state index contributed by atoms with van der Waals surface area (Å²) >= 11 is 6.94. The Balaban J connectivity index is 2.90. The van der Waals surface area contributed by atoms with Crippen LogP contribution in [0.4, 0.5) is 0 Å². The van der Waals surface area contributed by atoms with E-state index in [1.165, 1.54) is 5.56 Å². The second-order valence-electron chi connectivity index (χ2n) is 4.21. The van der Waals surface area contributed by atoms with Crippen LogP contribution in [0.3, 0.4) is 0 Å². The monoisotopic (exact) mass is 303 g/mol. The Morgan fingerprint density at radius 3 is 1.85 bits per heavy atom. The first-order valence-corrected chi connectivity index (χ1v) is 5.77. The molecule has 0 aliphatic rings. The van der Waals surface area contributed by atoms with Gasteiger partial charge in [-0.3, -0.25) is 0 Å². The van der Waals surface area contributed by atoms with Gasteiger partial charge in [0, 0.05) is 8.95 Å². The Bertz CT molecular complexity index is 277. The van der Waals surface area contributed by atoms with E-state index in [0.717, 1.165) is 8.95 Å². The summed E-state index contributed by atoms with van der Waals surface area (Å²) < 4.78 is 2.22. The first-order chi connectivity index (χ1) is 5.87. The van der Waals surface area contributed by atoms with Crippen molar-refractivity contribution < 1.29 is 0 Å². The second kappa shape index (κ2) is 4.14. The Kier molecular flexibility index (Phi) is 3.58. The summed E-state index contributed by atoms with van der Waals surface area (Å²) in [6, 6.07) is 6.28. The quantitative estimate of drug-likeness (QED) is 0.698. The molecule has 0 amide bonds. The van der Waals surface area contributed by atoms with E-state index < -0.39 is 0 Å². The molecule has 0 unspecified atom stereocenters. The van der Waals surface area contributed by atoms with Gasteiger partial charge in [-0.25, -0.2) is 0 Å². The topological polar surface area (TPSA) is 0 Å². The van der Waals surface area contributed by atoms with Crippen molar-refractivity contribution in [3.8, 4) is 0 Å². The predicted octanol–water partition coefficient (Wildman–Crippen LogP) is 4.81. The molecule has 0 aliphatic carbocycles. The van der Waals surface area contributed by atoms with Crippen molar-refractivity contribution in [2.45, 2.75) is 20.8 Å². The Labute approximate surface area is 97.0 Å². The fourth-order valence-electron chi connectivity index (χ4n) is 1.16. The zero-order chi connectivity index (χ0) is 10.1. The van der Waals surface area contributed by atoms with Crippen LogP contribution >= 0.6 is 31.9 Å². The molecule has 0 heterocycles. The molecule has 2 heteroatoms. The van der Waals surface area contributed by atoms with Crippen molar-refractivity contribution in [2.24, 2.45) is 5.41 Å². The molecule has 0 atom stereocenters. The second-order valence-corrected chi connectivity index (χ2v) is 6.04. The van der Waals surface area contributed by atoms with E-state index in [9.17, 15) is 0 Å². The van der Waals surface area contributed by atoms with Gasteiger partial charge in [0.2, 0.25) is 0 Å². The highest BCUT2D eigenvalue weighted by atomic mass is 79.9. The summed E-state index contributed by atoms with van der Waals surface area (Å²) in [5.74, 6) is 0. The fraction of sp³-hybridized carbons (Fsp3) is 0.364. The summed E-state index contributed by atoms with van der Waals surface area (Å²) in [5.41, 5.74) is 1.47. The van der Waals surface area contributed by atoms with Gasteiger partial charge in [0.1, 0.15) is 0 Å². The molecule has 13 heavy (non-hydrogen) atoms. The van der Waals surface area contributed by atoms with Crippen LogP contribution in [-0.2, 0) is 0 Å². The Morgan fingerprint density at radius 2 is 1.46 bits per heavy atom. The normalized spacial score (nSPS) is 11.8. The number of halogens is 2. The Hall–Kier alpha value is 0.180. The van der Waals surface area contributed by atoms with Gasteiger partial charge in [0.25, 0.3) is 0 Å². The van der Waals surface area contributed by atoms with Gasteiger partial charge >= 0.3 is 0 Å². The standard InChI is InChI=1S/C11H13Br2/c1-11(2,3)7-8-4-9(12)6-10(13)5-8/h4-7H,1-3H3. The maximum absolute atomic E-state index is 3.47. The van der Waals surface area contributed by atoms with Crippen molar-refractivity contribution in [1.82, 2.24) is 0 Å². The van der Waals surface area contributed by atoms with E-state index in [1.807, 2.05) is 6.07 Å². The first kappa shape index (κ1) is 11.3. The smallest absolute Gasteiger partial charge is 0.0189 e. The van der Waals surface area contributed by atoms with Gasteiger partial charge in [-0.2, -0.15) is 0 Å². The SMILES string of the molecule is CC(C)(C)[CH]c1cc(Br)cc(Br)c1. The highest BCUT2D eigenvalue weighted by Crippen LogP contribution is 2.27. The molecule has 71 valence electrons. The summed E-state index contributed by atoms with van der Waals surface area (Å²) in [7, 11) is 0. The lowest BCUT2D eigenvalue weighted by Crippen LogP contribution is -2.06. The highest BCUT2D eigenvalue weighted by molar-refractivity contribution is 9.11. The molecule has 1 aromatic carbocycles. The van der Waals surface area contributed by atoms with Crippen LogP contribution in [0.1, 0.15) is 26.3 Å². The average molecular weight is 305 g/mol. The molecule has 0 N–H and O–H groups in total. The van der Waals surface area contributed by atoms with Gasteiger partial charge in [-0.15, -0.1) is 0 Å². The highest BCUT2D eigenvalue weighted by Gasteiger charge is 2.12. The summed E-state index contributed by atoms with van der Waals surface area (Å²) in [5, 5.41) is 0. The van der Waals surface area contributed by atoms with Gasteiger partial charge in [-0.1, -0.05) is 52.6 Å². The molecule has 1 rings (SSSR count). The minimum absolute atomic E-state index is 0.222. The van der Waals surface area contributed by atoms with Gasteiger partial charge in [0.05, 0.1) is 0 Å². The van der Waals surface area contributed by atoms with Crippen LogP contribution in [0.2, 0.25) is 0 Å². The van der Waals surface area contributed by atoms with E-state index in [0.29, 0.717) is 0 Å². The van der Waals surface area contributed by atoms with Crippen LogP contribution < -0.4 is 0 Å². The molecule has 0 aromatic heterocycles. The molecule has 0 saturated heterocycles. The lowest BCUT2D eigenvalue weighted by molar-refractivity contribution is 0.505. The third kappa shape index (κ3) is 4.28. The largest absolute Gasteiger partial charge is 0.0596 e. The van der Waals surface area contributed by atoms with Crippen LogP contribution in [0.25, 0.3) is 0 Å². The van der Waals surface area contributed by atoms with Crippen LogP contribution in [0.15, 0.2) is 27.1 Å². The van der Waals surface area contributed by atoms with Crippen LogP contribution in [-0.4, -0.2) is 0 Å². The van der Waals surface area contributed by atoms with Gasteiger partial charge in [0.15, 0.2) is 0 Å². The zero-order valence-corrected chi connectivity index (χ0v) is 11.2. The number of hydrogen-bond donors (Lipinski definition) is 0. The summed E-state index contributed by atoms with van der Waals surface area (Å²) in [6.07, 6.45) is 2.25. The molecule has 1 radical (unpaired) electrons. The molecule has 0 aliphatic heterocycles. The Morgan fingerprint density at radius 1 is 1.00 bits per heavy atom. The maximum atomic E-state index is 3.47. The third-order valence-electron chi connectivity index (χ3n) is 1.48. The van der Waals surface area contributed by atoms with Crippen LogP contribution in [0, 0.1) is 11.8 Å². The van der Waals surface area contributed by atoms with Crippen molar-refractivity contribution in [1.29, 1.82) is 0 Å². The van der Waals surface area contributed by atoms with Gasteiger partial charge < -0.3 is 0 Å². The van der Waals surface area contributed by atoms with E-state index in [1.54, 1.807) is 0 Å². The van der Waals surface area contributed by atoms with E-state index in [4.69, 9.17) is 0 Å². The first-order valence-electron chi connectivity index (χ1n) is 4.19. The summed E-state index contributed by atoms with van der Waals surface area (Å²) in [6.45, 7) is 6.59. The minimum Gasteiger partial charge on any atom is -0.0596 e. The number of rotatable bonds is 1. The lowest BCUT2D eigenvalue weighted by atomic mass is 9.88. The molecule has 0 fully saturated rings.